The highest BCUT2D eigenvalue weighted by molar-refractivity contribution is 5.75. The van der Waals surface area contributed by atoms with E-state index in [9.17, 15) is 19.3 Å². The Morgan fingerprint density at radius 2 is 2.29 bits per heavy atom. The summed E-state index contributed by atoms with van der Waals surface area (Å²) < 4.78 is 17.7. The Morgan fingerprint density at radius 3 is 2.82 bits per heavy atom. The van der Waals surface area contributed by atoms with E-state index in [1.807, 2.05) is 0 Å². The zero-order valence-corrected chi connectivity index (χ0v) is 9.05. The molecule has 0 aliphatic rings. The second kappa shape index (κ2) is 5.35. The Morgan fingerprint density at radius 1 is 1.65 bits per heavy atom. The molecule has 6 nitrogen and oxygen atoms in total. The van der Waals surface area contributed by atoms with Crippen LogP contribution in [0.2, 0.25) is 0 Å². The number of nitrogens with two attached hydrogens (primary N) is 1. The number of nitro groups is 1. The van der Waals surface area contributed by atoms with Gasteiger partial charge in [-0.3, -0.25) is 14.9 Å². The van der Waals surface area contributed by atoms with Crippen LogP contribution in [-0.2, 0) is 16.0 Å². The lowest BCUT2D eigenvalue weighted by atomic mass is 10.1. The van der Waals surface area contributed by atoms with E-state index >= 15 is 0 Å². The van der Waals surface area contributed by atoms with Crippen LogP contribution in [0.25, 0.3) is 0 Å². The molecule has 92 valence electrons. The van der Waals surface area contributed by atoms with Crippen molar-refractivity contribution in [3.63, 3.8) is 0 Å². The molecule has 0 amide bonds. The van der Waals surface area contributed by atoms with E-state index < -0.39 is 22.8 Å². The third kappa shape index (κ3) is 3.22. The van der Waals surface area contributed by atoms with E-state index in [2.05, 4.69) is 4.74 Å². The Balaban J connectivity index is 2.93. The Hall–Kier alpha value is -2.02. The molecule has 0 bridgehead atoms. The number of benzene rings is 1. The molecule has 2 N–H and O–H groups in total. The molecule has 17 heavy (non-hydrogen) atoms. The summed E-state index contributed by atoms with van der Waals surface area (Å²) in [6.07, 6.45) is -0.153. The van der Waals surface area contributed by atoms with Crippen LogP contribution in [0.15, 0.2) is 18.2 Å². The van der Waals surface area contributed by atoms with Gasteiger partial charge in [-0.05, 0) is 11.6 Å². The first-order valence-electron chi connectivity index (χ1n) is 4.72. The van der Waals surface area contributed by atoms with Gasteiger partial charge in [0.1, 0.15) is 11.9 Å². The summed E-state index contributed by atoms with van der Waals surface area (Å²) in [4.78, 5) is 20.9. The number of ether oxygens (including phenoxy) is 1. The van der Waals surface area contributed by atoms with E-state index in [-0.39, 0.29) is 17.7 Å². The van der Waals surface area contributed by atoms with Crippen molar-refractivity contribution in [1.29, 1.82) is 0 Å². The van der Waals surface area contributed by atoms with E-state index in [1.165, 1.54) is 0 Å². The average molecular weight is 242 g/mol. The predicted octanol–water partition coefficient (Wildman–Crippen LogP) is 0.777. The molecule has 7 heteroatoms. The molecular weight excluding hydrogens is 231 g/mol. The summed E-state index contributed by atoms with van der Waals surface area (Å²) in [6.45, 7) is 0. The summed E-state index contributed by atoms with van der Waals surface area (Å²) >= 11 is 0. The largest absolute Gasteiger partial charge is 0.468 e. The van der Waals surface area contributed by atoms with Gasteiger partial charge in [-0.15, -0.1) is 0 Å². The van der Waals surface area contributed by atoms with Gasteiger partial charge in [-0.25, -0.2) is 4.39 Å². The second-order valence-electron chi connectivity index (χ2n) is 3.37. The van der Waals surface area contributed by atoms with Gasteiger partial charge in [0.05, 0.1) is 12.0 Å². The lowest BCUT2D eigenvalue weighted by molar-refractivity contribution is -0.385. The van der Waals surface area contributed by atoms with Crippen molar-refractivity contribution >= 4 is 11.7 Å². The quantitative estimate of drug-likeness (QED) is 0.478. The van der Waals surface area contributed by atoms with Crippen LogP contribution in [-0.4, -0.2) is 24.0 Å². The summed E-state index contributed by atoms with van der Waals surface area (Å²) in [5.74, 6) is -1.34. The summed E-state index contributed by atoms with van der Waals surface area (Å²) in [5, 5.41) is 10.5. The highest BCUT2D eigenvalue weighted by atomic mass is 19.1. The van der Waals surface area contributed by atoms with Crippen LogP contribution >= 0.6 is 0 Å². The molecular formula is C10H11FN2O4. The van der Waals surface area contributed by atoms with Gasteiger partial charge in [0.15, 0.2) is 0 Å². The smallest absolute Gasteiger partial charge is 0.322 e. The molecule has 0 unspecified atom stereocenters. The third-order valence-corrected chi connectivity index (χ3v) is 2.18. The zero-order valence-electron chi connectivity index (χ0n) is 9.05. The van der Waals surface area contributed by atoms with Gasteiger partial charge in [0.25, 0.3) is 5.69 Å². The molecule has 1 aromatic rings. The maximum absolute atomic E-state index is 13.3. The highest BCUT2D eigenvalue weighted by Crippen LogP contribution is 2.18. The fourth-order valence-corrected chi connectivity index (χ4v) is 1.30. The normalized spacial score (nSPS) is 11.9. The summed E-state index contributed by atoms with van der Waals surface area (Å²) in [7, 11) is 1.16. The first-order valence-corrected chi connectivity index (χ1v) is 4.72. The zero-order chi connectivity index (χ0) is 13.0. The van der Waals surface area contributed by atoms with Gasteiger partial charge in [0, 0.05) is 18.6 Å². The van der Waals surface area contributed by atoms with Crippen LogP contribution in [0.4, 0.5) is 10.1 Å². The fourth-order valence-electron chi connectivity index (χ4n) is 1.30. The molecule has 0 aliphatic carbocycles. The average Bonchev–Trinajstić information content (AvgIpc) is 2.30. The van der Waals surface area contributed by atoms with Gasteiger partial charge in [-0.2, -0.15) is 0 Å². The molecule has 0 aliphatic heterocycles. The highest BCUT2D eigenvalue weighted by Gasteiger charge is 2.18. The number of carbonyl (C=O) groups is 1. The SMILES string of the molecule is COC(=O)[C@H](N)Cc1cc([N+](=O)[O-])ccc1F. The van der Waals surface area contributed by atoms with Crippen molar-refractivity contribution in [3.8, 4) is 0 Å². The molecule has 0 spiro atoms. The number of hydrogen-bond donors (Lipinski definition) is 1. The number of halogens is 1. The van der Waals surface area contributed by atoms with E-state index in [4.69, 9.17) is 5.73 Å². The Labute approximate surface area is 96.3 Å². The van der Waals surface area contributed by atoms with Crippen LogP contribution < -0.4 is 5.73 Å². The summed E-state index contributed by atoms with van der Waals surface area (Å²) in [6, 6.07) is 2.02. The number of non-ortho nitro benzene ring substituents is 1. The molecule has 1 aromatic carbocycles. The number of hydrogen-bond acceptors (Lipinski definition) is 5. The minimum atomic E-state index is -1.04. The molecule has 0 aromatic heterocycles. The standard InChI is InChI=1S/C10H11FN2O4/c1-17-10(14)9(12)5-6-4-7(13(15)16)2-3-8(6)11/h2-4,9H,5,12H2,1H3/t9-/m1/s1. The van der Waals surface area contributed by atoms with Gasteiger partial charge in [0.2, 0.25) is 0 Å². The molecule has 0 saturated heterocycles. The number of nitro benzene ring substituents is 1. The maximum atomic E-state index is 13.3. The van der Waals surface area contributed by atoms with E-state index in [1.54, 1.807) is 0 Å². The summed E-state index contributed by atoms with van der Waals surface area (Å²) in [5.41, 5.74) is 5.20. The lowest BCUT2D eigenvalue weighted by Gasteiger charge is -2.09. The first kappa shape index (κ1) is 13.0. The van der Waals surface area contributed by atoms with Crippen LogP contribution in [0, 0.1) is 15.9 Å². The van der Waals surface area contributed by atoms with E-state index in [0.717, 1.165) is 25.3 Å². The maximum Gasteiger partial charge on any atom is 0.322 e. The van der Waals surface area contributed by atoms with Gasteiger partial charge < -0.3 is 10.5 Å². The predicted molar refractivity (Wildman–Crippen MR) is 56.7 cm³/mol. The molecule has 1 rings (SSSR count). The molecule has 0 saturated carbocycles. The third-order valence-electron chi connectivity index (χ3n) is 2.18. The lowest BCUT2D eigenvalue weighted by Crippen LogP contribution is -2.33. The molecule has 0 radical (unpaired) electrons. The second-order valence-corrected chi connectivity index (χ2v) is 3.37. The van der Waals surface area contributed by atoms with Crippen molar-refractivity contribution in [1.82, 2.24) is 0 Å². The van der Waals surface area contributed by atoms with Crippen LogP contribution in [0.3, 0.4) is 0 Å². The van der Waals surface area contributed by atoms with Crippen LogP contribution in [0.1, 0.15) is 5.56 Å². The van der Waals surface area contributed by atoms with Gasteiger partial charge >= 0.3 is 5.97 Å². The Bertz CT molecular complexity index is 450. The minimum Gasteiger partial charge on any atom is -0.468 e. The van der Waals surface area contributed by atoms with Gasteiger partial charge in [-0.1, -0.05) is 0 Å². The van der Waals surface area contributed by atoms with Crippen molar-refractivity contribution in [2.24, 2.45) is 5.73 Å². The molecule has 0 fully saturated rings. The number of carbonyl (C=O) groups excluding carboxylic acids is 1. The minimum absolute atomic E-state index is 0.0112. The number of methoxy groups -OCH3 is 1. The van der Waals surface area contributed by atoms with E-state index in [0.29, 0.717) is 0 Å². The number of rotatable bonds is 4. The monoisotopic (exact) mass is 242 g/mol. The van der Waals surface area contributed by atoms with Crippen molar-refractivity contribution in [2.75, 3.05) is 7.11 Å². The number of nitrogens with zero attached hydrogens (tertiary/aromatic N) is 1. The van der Waals surface area contributed by atoms with Crippen molar-refractivity contribution in [3.05, 3.63) is 39.7 Å². The Kier molecular flexibility index (Phi) is 4.11. The topological polar surface area (TPSA) is 95.5 Å². The number of esters is 1. The van der Waals surface area contributed by atoms with Crippen LogP contribution in [0.5, 0.6) is 0 Å². The van der Waals surface area contributed by atoms with Crippen molar-refractivity contribution < 1.29 is 18.8 Å². The fraction of sp³-hybridized carbons (Fsp3) is 0.300. The van der Waals surface area contributed by atoms with Crippen molar-refractivity contribution in [2.45, 2.75) is 12.5 Å². The molecule has 0 heterocycles. The molecule has 1 atom stereocenters. The first-order chi connectivity index (χ1) is 7.95.